The van der Waals surface area contributed by atoms with Gasteiger partial charge in [0.05, 0.1) is 0 Å². The second kappa shape index (κ2) is 4.69. The number of phenolic OH excluding ortho intramolecular Hbond substituents is 1. The number of phenols is 1. The van der Waals surface area contributed by atoms with Crippen LogP contribution in [0.25, 0.3) is 0 Å². The molecular formula is C14H20O. The molecule has 0 heterocycles. The average molecular weight is 204 g/mol. The number of benzene rings is 1. The van der Waals surface area contributed by atoms with Gasteiger partial charge in [0, 0.05) is 0 Å². The molecular weight excluding hydrogens is 184 g/mol. The Kier molecular flexibility index (Phi) is 3.30. The molecule has 0 bridgehead atoms. The Morgan fingerprint density at radius 3 is 2.20 bits per heavy atom. The smallest absolute Gasteiger partial charge is 0.115 e. The monoisotopic (exact) mass is 204 g/mol. The van der Waals surface area contributed by atoms with Crippen LogP contribution in [0.3, 0.4) is 0 Å². The van der Waals surface area contributed by atoms with Gasteiger partial charge < -0.3 is 5.11 Å². The highest BCUT2D eigenvalue weighted by Crippen LogP contribution is 2.37. The van der Waals surface area contributed by atoms with E-state index in [1.165, 1.54) is 37.7 Å². The maximum absolute atomic E-state index is 9.24. The number of hydrogen-bond acceptors (Lipinski definition) is 1. The van der Waals surface area contributed by atoms with E-state index in [1.807, 2.05) is 0 Å². The molecule has 1 aromatic rings. The Morgan fingerprint density at radius 1 is 1.07 bits per heavy atom. The van der Waals surface area contributed by atoms with Gasteiger partial charge >= 0.3 is 0 Å². The van der Waals surface area contributed by atoms with Crippen LogP contribution in [0.15, 0.2) is 24.3 Å². The molecule has 1 nitrogen and oxygen atoms in total. The summed E-state index contributed by atoms with van der Waals surface area (Å²) < 4.78 is 0. The van der Waals surface area contributed by atoms with E-state index in [0.717, 1.165) is 11.8 Å². The molecule has 1 fully saturated rings. The van der Waals surface area contributed by atoms with Gasteiger partial charge in [0.1, 0.15) is 5.75 Å². The highest BCUT2D eigenvalue weighted by Gasteiger charge is 2.20. The molecule has 0 saturated heterocycles. The van der Waals surface area contributed by atoms with Gasteiger partial charge in [-0.1, -0.05) is 25.5 Å². The first-order chi connectivity index (χ1) is 7.29. The molecule has 1 aliphatic rings. The van der Waals surface area contributed by atoms with Crippen molar-refractivity contribution in [3.8, 4) is 5.75 Å². The molecule has 15 heavy (non-hydrogen) atoms. The zero-order valence-corrected chi connectivity index (χ0v) is 9.45. The summed E-state index contributed by atoms with van der Waals surface area (Å²) in [5, 5.41) is 9.24. The first-order valence-electron chi connectivity index (χ1n) is 6.08. The summed E-state index contributed by atoms with van der Waals surface area (Å²) >= 11 is 0. The van der Waals surface area contributed by atoms with Crippen molar-refractivity contribution >= 4 is 0 Å². The molecule has 0 spiro atoms. The van der Waals surface area contributed by atoms with E-state index in [2.05, 4.69) is 19.1 Å². The zero-order valence-electron chi connectivity index (χ0n) is 9.45. The lowest BCUT2D eigenvalue weighted by molar-refractivity contribution is 0.318. The van der Waals surface area contributed by atoms with Crippen LogP contribution < -0.4 is 0 Å². The largest absolute Gasteiger partial charge is 0.508 e. The van der Waals surface area contributed by atoms with E-state index in [0.29, 0.717) is 5.75 Å². The molecule has 82 valence electrons. The van der Waals surface area contributed by atoms with Crippen molar-refractivity contribution in [2.45, 2.75) is 44.9 Å². The van der Waals surface area contributed by atoms with E-state index in [1.54, 1.807) is 12.1 Å². The van der Waals surface area contributed by atoms with Gasteiger partial charge in [0.15, 0.2) is 0 Å². The minimum absolute atomic E-state index is 0.376. The summed E-state index contributed by atoms with van der Waals surface area (Å²) in [7, 11) is 0. The van der Waals surface area contributed by atoms with E-state index in [-0.39, 0.29) is 0 Å². The van der Waals surface area contributed by atoms with E-state index in [9.17, 15) is 5.11 Å². The lowest BCUT2D eigenvalue weighted by Crippen LogP contribution is -2.12. The molecule has 1 N–H and O–H groups in total. The van der Waals surface area contributed by atoms with Crippen molar-refractivity contribution in [1.82, 2.24) is 0 Å². The summed E-state index contributed by atoms with van der Waals surface area (Å²) in [5.41, 5.74) is 1.40. The maximum Gasteiger partial charge on any atom is 0.115 e. The van der Waals surface area contributed by atoms with Gasteiger partial charge in [0.25, 0.3) is 0 Å². The third kappa shape index (κ3) is 2.53. The number of rotatable bonds is 2. The van der Waals surface area contributed by atoms with E-state index >= 15 is 0 Å². The molecule has 1 heteroatoms. The summed E-state index contributed by atoms with van der Waals surface area (Å²) in [6.45, 7) is 2.30. The Bertz CT molecular complexity index is 294. The van der Waals surface area contributed by atoms with E-state index < -0.39 is 0 Å². The SMILES string of the molecule is CCC1CCC(c2ccc(O)cc2)CC1. The Morgan fingerprint density at radius 2 is 1.67 bits per heavy atom. The van der Waals surface area contributed by atoms with Crippen LogP contribution in [0.4, 0.5) is 0 Å². The van der Waals surface area contributed by atoms with Crippen molar-refractivity contribution in [1.29, 1.82) is 0 Å². The van der Waals surface area contributed by atoms with Crippen LogP contribution in [0.5, 0.6) is 5.75 Å². The van der Waals surface area contributed by atoms with Crippen molar-refractivity contribution in [3.63, 3.8) is 0 Å². The Balaban J connectivity index is 1.98. The number of hydrogen-bond donors (Lipinski definition) is 1. The van der Waals surface area contributed by atoms with Crippen LogP contribution in [0.2, 0.25) is 0 Å². The molecule has 2 rings (SSSR count). The van der Waals surface area contributed by atoms with Gasteiger partial charge in [-0.05, 0) is 55.2 Å². The van der Waals surface area contributed by atoms with Crippen LogP contribution in [-0.4, -0.2) is 5.11 Å². The molecule has 1 saturated carbocycles. The van der Waals surface area contributed by atoms with Gasteiger partial charge in [-0.3, -0.25) is 0 Å². The Labute approximate surface area is 92.1 Å². The summed E-state index contributed by atoms with van der Waals surface area (Å²) in [5.74, 6) is 2.06. The average Bonchev–Trinajstić information content (AvgIpc) is 2.30. The molecule has 0 unspecified atom stereocenters. The van der Waals surface area contributed by atoms with Gasteiger partial charge in [-0.25, -0.2) is 0 Å². The van der Waals surface area contributed by atoms with Crippen LogP contribution in [0.1, 0.15) is 50.5 Å². The molecule has 0 amide bonds. The van der Waals surface area contributed by atoms with E-state index in [4.69, 9.17) is 0 Å². The summed E-state index contributed by atoms with van der Waals surface area (Å²) in [6.07, 6.45) is 6.74. The molecule has 0 aliphatic heterocycles. The lowest BCUT2D eigenvalue weighted by atomic mass is 9.78. The molecule has 0 atom stereocenters. The standard InChI is InChI=1S/C14H20O/c1-2-11-3-5-12(6-4-11)13-7-9-14(15)10-8-13/h7-12,15H,2-6H2,1H3. The fraction of sp³-hybridized carbons (Fsp3) is 0.571. The van der Waals surface area contributed by atoms with Crippen molar-refractivity contribution in [3.05, 3.63) is 29.8 Å². The highest BCUT2D eigenvalue weighted by atomic mass is 16.3. The third-order valence-electron chi connectivity index (χ3n) is 3.79. The molecule has 1 aromatic carbocycles. The number of aromatic hydroxyl groups is 1. The zero-order chi connectivity index (χ0) is 10.7. The fourth-order valence-corrected chi connectivity index (χ4v) is 2.65. The van der Waals surface area contributed by atoms with Gasteiger partial charge in [-0.2, -0.15) is 0 Å². The maximum atomic E-state index is 9.24. The highest BCUT2D eigenvalue weighted by molar-refractivity contribution is 5.28. The van der Waals surface area contributed by atoms with Gasteiger partial charge in [0.2, 0.25) is 0 Å². The second-order valence-corrected chi connectivity index (χ2v) is 4.72. The van der Waals surface area contributed by atoms with Crippen molar-refractivity contribution < 1.29 is 5.11 Å². The van der Waals surface area contributed by atoms with Crippen LogP contribution >= 0.6 is 0 Å². The predicted molar refractivity (Wildman–Crippen MR) is 63.1 cm³/mol. The lowest BCUT2D eigenvalue weighted by Gasteiger charge is -2.28. The minimum atomic E-state index is 0.376. The topological polar surface area (TPSA) is 20.2 Å². The first-order valence-corrected chi connectivity index (χ1v) is 6.08. The third-order valence-corrected chi connectivity index (χ3v) is 3.79. The quantitative estimate of drug-likeness (QED) is 0.769. The fourth-order valence-electron chi connectivity index (χ4n) is 2.65. The Hall–Kier alpha value is -0.980. The second-order valence-electron chi connectivity index (χ2n) is 4.72. The minimum Gasteiger partial charge on any atom is -0.508 e. The normalized spacial score (nSPS) is 26.5. The van der Waals surface area contributed by atoms with Crippen LogP contribution in [0, 0.1) is 5.92 Å². The van der Waals surface area contributed by atoms with Gasteiger partial charge in [-0.15, -0.1) is 0 Å². The summed E-state index contributed by atoms with van der Waals surface area (Å²) in [6, 6.07) is 7.76. The summed E-state index contributed by atoms with van der Waals surface area (Å²) in [4.78, 5) is 0. The molecule has 1 aliphatic carbocycles. The van der Waals surface area contributed by atoms with Crippen molar-refractivity contribution in [2.75, 3.05) is 0 Å². The van der Waals surface area contributed by atoms with Crippen LogP contribution in [-0.2, 0) is 0 Å². The molecule has 0 aromatic heterocycles. The predicted octanol–water partition coefficient (Wildman–Crippen LogP) is 4.08. The van der Waals surface area contributed by atoms with Crippen molar-refractivity contribution in [2.24, 2.45) is 5.92 Å². The molecule has 0 radical (unpaired) electrons. The first kappa shape index (κ1) is 10.5.